The summed E-state index contributed by atoms with van der Waals surface area (Å²) in [5, 5.41) is 0. The van der Waals surface area contributed by atoms with Crippen molar-refractivity contribution in [3.05, 3.63) is 78.1 Å². The standard InChI is InChI=1S/C25H28FN3O2S/c1-30-24-11-6-19(16-25(24)31-2)18-28-12-14-29(15-13-28)22-9-7-21(8-10-22)27-32-23-5-3-4-20(26)17-23/h3-11,16-17,27H,12-15,18H2,1-2H3. The molecule has 0 amide bonds. The van der Waals surface area contributed by atoms with Crippen molar-refractivity contribution >= 4 is 23.3 Å². The molecule has 1 saturated heterocycles. The van der Waals surface area contributed by atoms with Gasteiger partial charge in [-0.05, 0) is 72.1 Å². The fourth-order valence-electron chi connectivity index (χ4n) is 3.79. The molecule has 1 fully saturated rings. The Bertz CT molecular complexity index is 1020. The van der Waals surface area contributed by atoms with E-state index < -0.39 is 0 Å². The molecule has 3 aromatic rings. The van der Waals surface area contributed by atoms with E-state index >= 15 is 0 Å². The average Bonchev–Trinajstić information content (AvgIpc) is 2.83. The molecule has 5 nitrogen and oxygen atoms in total. The van der Waals surface area contributed by atoms with Crippen molar-refractivity contribution in [1.29, 1.82) is 0 Å². The summed E-state index contributed by atoms with van der Waals surface area (Å²) >= 11 is 1.41. The minimum atomic E-state index is -0.225. The molecule has 0 spiro atoms. The minimum Gasteiger partial charge on any atom is -0.493 e. The lowest BCUT2D eigenvalue weighted by Crippen LogP contribution is -2.45. The van der Waals surface area contributed by atoms with Gasteiger partial charge in [0.1, 0.15) is 5.82 Å². The van der Waals surface area contributed by atoms with Crippen molar-refractivity contribution in [3.8, 4) is 11.5 Å². The highest BCUT2D eigenvalue weighted by atomic mass is 32.2. The zero-order valence-corrected chi connectivity index (χ0v) is 19.2. The van der Waals surface area contributed by atoms with E-state index in [-0.39, 0.29) is 5.82 Å². The first-order valence-electron chi connectivity index (χ1n) is 10.6. The number of halogens is 1. The Morgan fingerprint density at radius 3 is 2.31 bits per heavy atom. The van der Waals surface area contributed by atoms with Gasteiger partial charge >= 0.3 is 0 Å². The van der Waals surface area contributed by atoms with Crippen LogP contribution < -0.4 is 19.1 Å². The Morgan fingerprint density at radius 1 is 0.875 bits per heavy atom. The van der Waals surface area contributed by atoms with Gasteiger partial charge in [0.25, 0.3) is 0 Å². The van der Waals surface area contributed by atoms with E-state index in [2.05, 4.69) is 50.9 Å². The van der Waals surface area contributed by atoms with E-state index in [9.17, 15) is 4.39 Å². The number of ether oxygens (including phenoxy) is 2. The molecule has 168 valence electrons. The summed E-state index contributed by atoms with van der Waals surface area (Å²) in [5.74, 6) is 1.30. The quantitative estimate of drug-likeness (QED) is 0.468. The summed E-state index contributed by atoms with van der Waals surface area (Å²) < 4.78 is 27.3. The van der Waals surface area contributed by atoms with E-state index in [0.29, 0.717) is 0 Å². The number of benzene rings is 3. The third-order valence-corrected chi connectivity index (χ3v) is 6.37. The second kappa shape index (κ2) is 10.6. The van der Waals surface area contributed by atoms with Crippen molar-refractivity contribution in [1.82, 2.24) is 4.90 Å². The fourth-order valence-corrected chi connectivity index (χ4v) is 4.48. The van der Waals surface area contributed by atoms with Gasteiger partial charge in [-0.3, -0.25) is 4.90 Å². The van der Waals surface area contributed by atoms with Crippen molar-refractivity contribution in [2.75, 3.05) is 50.0 Å². The van der Waals surface area contributed by atoms with Gasteiger partial charge < -0.3 is 19.1 Å². The Hall–Kier alpha value is -2.90. The van der Waals surface area contributed by atoms with Crippen LogP contribution in [0.1, 0.15) is 5.56 Å². The van der Waals surface area contributed by atoms with Crippen LogP contribution in [0.25, 0.3) is 0 Å². The van der Waals surface area contributed by atoms with Crippen LogP contribution in [0.4, 0.5) is 15.8 Å². The van der Waals surface area contributed by atoms with Crippen molar-refractivity contribution in [2.24, 2.45) is 0 Å². The first-order valence-corrected chi connectivity index (χ1v) is 11.4. The van der Waals surface area contributed by atoms with Crippen molar-refractivity contribution in [2.45, 2.75) is 11.4 Å². The fraction of sp³-hybridized carbons (Fsp3) is 0.280. The van der Waals surface area contributed by atoms with Gasteiger partial charge in [0.2, 0.25) is 0 Å². The van der Waals surface area contributed by atoms with Gasteiger partial charge in [0.15, 0.2) is 11.5 Å². The smallest absolute Gasteiger partial charge is 0.161 e. The first kappa shape index (κ1) is 22.3. The summed E-state index contributed by atoms with van der Waals surface area (Å²) in [6.07, 6.45) is 0. The Kier molecular flexibility index (Phi) is 7.39. The average molecular weight is 454 g/mol. The van der Waals surface area contributed by atoms with E-state index in [1.807, 2.05) is 12.1 Å². The maximum Gasteiger partial charge on any atom is 0.161 e. The van der Waals surface area contributed by atoms with Gasteiger partial charge in [0, 0.05) is 49.0 Å². The number of hydrogen-bond donors (Lipinski definition) is 1. The molecular formula is C25H28FN3O2S. The topological polar surface area (TPSA) is 37.0 Å². The summed E-state index contributed by atoms with van der Waals surface area (Å²) in [4.78, 5) is 5.72. The zero-order valence-electron chi connectivity index (χ0n) is 18.4. The van der Waals surface area contributed by atoms with Crippen molar-refractivity contribution in [3.63, 3.8) is 0 Å². The lowest BCUT2D eigenvalue weighted by molar-refractivity contribution is 0.249. The number of piperazine rings is 1. The highest BCUT2D eigenvalue weighted by Gasteiger charge is 2.18. The zero-order chi connectivity index (χ0) is 22.3. The number of hydrogen-bond acceptors (Lipinski definition) is 6. The highest BCUT2D eigenvalue weighted by Crippen LogP contribution is 2.29. The largest absolute Gasteiger partial charge is 0.493 e. The molecule has 0 unspecified atom stereocenters. The Morgan fingerprint density at radius 2 is 1.62 bits per heavy atom. The molecule has 4 rings (SSSR count). The molecule has 3 aromatic carbocycles. The van der Waals surface area contributed by atoms with Gasteiger partial charge in [-0.1, -0.05) is 12.1 Å². The maximum atomic E-state index is 13.3. The van der Waals surface area contributed by atoms with Gasteiger partial charge in [-0.25, -0.2) is 4.39 Å². The van der Waals surface area contributed by atoms with Crippen LogP contribution in [0, 0.1) is 5.82 Å². The molecule has 0 bridgehead atoms. The van der Waals surface area contributed by atoms with E-state index in [1.165, 1.54) is 35.3 Å². The van der Waals surface area contributed by atoms with E-state index in [1.54, 1.807) is 20.3 Å². The lowest BCUT2D eigenvalue weighted by atomic mass is 10.1. The molecule has 32 heavy (non-hydrogen) atoms. The summed E-state index contributed by atoms with van der Waals surface area (Å²) in [6, 6.07) is 21.1. The predicted octanol–water partition coefficient (Wildman–Crippen LogP) is 5.28. The van der Waals surface area contributed by atoms with Crippen LogP contribution in [0.5, 0.6) is 11.5 Å². The van der Waals surface area contributed by atoms with Crippen LogP contribution in [-0.4, -0.2) is 45.3 Å². The molecular weight excluding hydrogens is 425 g/mol. The molecule has 1 aliphatic rings. The highest BCUT2D eigenvalue weighted by molar-refractivity contribution is 8.00. The molecule has 0 radical (unpaired) electrons. The Balaban J connectivity index is 1.27. The van der Waals surface area contributed by atoms with E-state index in [0.717, 1.165) is 54.8 Å². The number of anilines is 2. The van der Waals surface area contributed by atoms with Crippen LogP contribution in [-0.2, 0) is 6.54 Å². The third-order valence-electron chi connectivity index (χ3n) is 5.54. The molecule has 7 heteroatoms. The van der Waals surface area contributed by atoms with E-state index in [4.69, 9.17) is 9.47 Å². The van der Waals surface area contributed by atoms with Crippen LogP contribution >= 0.6 is 11.9 Å². The molecule has 1 aliphatic heterocycles. The van der Waals surface area contributed by atoms with Gasteiger partial charge in [-0.2, -0.15) is 0 Å². The van der Waals surface area contributed by atoms with Crippen LogP contribution in [0.2, 0.25) is 0 Å². The predicted molar refractivity (Wildman–Crippen MR) is 129 cm³/mol. The Labute approximate surface area is 193 Å². The third kappa shape index (κ3) is 5.66. The molecule has 0 aliphatic carbocycles. The molecule has 0 atom stereocenters. The minimum absolute atomic E-state index is 0.225. The number of nitrogens with zero attached hydrogens (tertiary/aromatic N) is 2. The number of rotatable bonds is 8. The van der Waals surface area contributed by atoms with Gasteiger partial charge in [0.05, 0.1) is 14.2 Å². The lowest BCUT2D eigenvalue weighted by Gasteiger charge is -2.36. The normalized spacial score (nSPS) is 14.3. The molecule has 0 aromatic heterocycles. The van der Waals surface area contributed by atoms with Crippen LogP contribution in [0.15, 0.2) is 71.6 Å². The maximum absolute atomic E-state index is 13.3. The second-order valence-corrected chi connectivity index (χ2v) is 8.54. The molecule has 1 heterocycles. The molecule has 0 saturated carbocycles. The summed E-state index contributed by atoms with van der Waals surface area (Å²) in [5.41, 5.74) is 3.44. The second-order valence-electron chi connectivity index (χ2n) is 7.66. The summed E-state index contributed by atoms with van der Waals surface area (Å²) in [7, 11) is 3.32. The number of nitrogens with one attached hydrogen (secondary N) is 1. The monoisotopic (exact) mass is 453 g/mol. The van der Waals surface area contributed by atoms with Crippen LogP contribution in [0.3, 0.4) is 0 Å². The van der Waals surface area contributed by atoms with Gasteiger partial charge in [-0.15, -0.1) is 0 Å². The first-order chi connectivity index (χ1) is 15.6. The summed E-state index contributed by atoms with van der Waals surface area (Å²) in [6.45, 7) is 4.87. The number of methoxy groups -OCH3 is 2. The SMILES string of the molecule is COc1ccc(CN2CCN(c3ccc(NSc4cccc(F)c4)cc3)CC2)cc1OC. The molecule has 1 N–H and O–H groups in total. The van der Waals surface area contributed by atoms with Crippen molar-refractivity contribution < 1.29 is 13.9 Å².